The average molecular weight is 337 g/mol. The number of carbonyl (C=O) groups excluding carboxylic acids is 1. The Balaban J connectivity index is 2.01. The third-order valence-electron chi connectivity index (χ3n) is 4.15. The molecule has 2 aromatic heterocycles. The van der Waals surface area contributed by atoms with Crippen LogP contribution in [0.2, 0.25) is 0 Å². The molecule has 0 saturated carbocycles. The summed E-state index contributed by atoms with van der Waals surface area (Å²) in [6.07, 6.45) is 0.290. The maximum Gasteiger partial charge on any atom is 0.253 e. The van der Waals surface area contributed by atoms with Gasteiger partial charge in [-0.05, 0) is 34.6 Å². The Kier molecular flexibility index (Phi) is 4.53. The first kappa shape index (κ1) is 17.1. The molecule has 1 aromatic carbocycles. The van der Waals surface area contributed by atoms with Crippen LogP contribution in [-0.4, -0.2) is 31.5 Å². The van der Waals surface area contributed by atoms with Crippen molar-refractivity contribution in [2.75, 3.05) is 0 Å². The van der Waals surface area contributed by atoms with E-state index < -0.39 is 0 Å². The normalized spacial score (nSPS) is 11.3. The summed E-state index contributed by atoms with van der Waals surface area (Å²) < 4.78 is 1.72. The Bertz CT molecular complexity index is 925. The molecule has 25 heavy (non-hydrogen) atoms. The molecule has 0 aliphatic rings. The van der Waals surface area contributed by atoms with E-state index in [0.717, 1.165) is 22.5 Å². The fraction of sp³-hybridized carbons (Fsp3) is 0.368. The minimum atomic E-state index is -0.0128. The molecular formula is C19H23N5O. The molecule has 1 N–H and O–H groups in total. The van der Waals surface area contributed by atoms with Gasteiger partial charge in [0.25, 0.3) is 5.78 Å². The van der Waals surface area contributed by atoms with E-state index in [1.807, 2.05) is 58.9 Å². The number of aryl methyl sites for hydroxylation is 3. The van der Waals surface area contributed by atoms with Gasteiger partial charge in [0.2, 0.25) is 5.91 Å². The van der Waals surface area contributed by atoms with Gasteiger partial charge >= 0.3 is 0 Å². The molecule has 0 saturated heterocycles. The summed E-state index contributed by atoms with van der Waals surface area (Å²) in [5, 5.41) is 7.51. The molecule has 130 valence electrons. The average Bonchev–Trinajstić information content (AvgIpc) is 2.95. The van der Waals surface area contributed by atoms with Gasteiger partial charge in [-0.3, -0.25) is 4.79 Å². The molecule has 3 rings (SSSR count). The van der Waals surface area contributed by atoms with Crippen molar-refractivity contribution in [3.8, 4) is 11.4 Å². The lowest BCUT2D eigenvalue weighted by molar-refractivity contribution is -0.120. The number of rotatable bonds is 4. The molecule has 1 amide bonds. The molecular weight excluding hydrogens is 314 g/mol. The number of amides is 1. The van der Waals surface area contributed by atoms with Crippen molar-refractivity contribution in [2.45, 2.75) is 47.1 Å². The molecule has 0 unspecified atom stereocenters. The maximum atomic E-state index is 12.1. The van der Waals surface area contributed by atoms with E-state index in [-0.39, 0.29) is 11.9 Å². The quantitative estimate of drug-likeness (QED) is 0.794. The molecule has 3 aromatic rings. The van der Waals surface area contributed by atoms with Gasteiger partial charge in [0.1, 0.15) is 0 Å². The molecule has 6 heteroatoms. The first-order valence-corrected chi connectivity index (χ1v) is 8.44. The summed E-state index contributed by atoms with van der Waals surface area (Å²) in [5.74, 6) is 1.18. The number of aromatic nitrogens is 4. The van der Waals surface area contributed by atoms with Gasteiger partial charge in [0.05, 0.1) is 6.42 Å². The third-order valence-corrected chi connectivity index (χ3v) is 4.15. The molecule has 0 fully saturated rings. The zero-order valence-electron chi connectivity index (χ0n) is 15.3. The zero-order chi connectivity index (χ0) is 18.1. The zero-order valence-corrected chi connectivity index (χ0v) is 15.3. The number of nitrogens with zero attached hydrogens (tertiary/aromatic N) is 4. The van der Waals surface area contributed by atoms with E-state index in [1.54, 1.807) is 4.52 Å². The lowest BCUT2D eigenvalue weighted by Crippen LogP contribution is -2.32. The molecule has 0 atom stereocenters. The molecule has 0 bridgehead atoms. The number of benzene rings is 1. The first-order valence-electron chi connectivity index (χ1n) is 8.44. The number of hydrogen-bond acceptors (Lipinski definition) is 4. The highest BCUT2D eigenvalue weighted by Crippen LogP contribution is 2.20. The van der Waals surface area contributed by atoms with Crippen LogP contribution in [0.3, 0.4) is 0 Å². The van der Waals surface area contributed by atoms with Crippen molar-refractivity contribution >= 4 is 11.7 Å². The van der Waals surface area contributed by atoms with E-state index in [0.29, 0.717) is 18.0 Å². The number of carbonyl (C=O) groups is 1. The van der Waals surface area contributed by atoms with E-state index in [2.05, 4.69) is 20.4 Å². The van der Waals surface area contributed by atoms with Gasteiger partial charge in [-0.25, -0.2) is 9.50 Å². The summed E-state index contributed by atoms with van der Waals surface area (Å²) in [5.41, 5.74) is 4.74. The highest BCUT2D eigenvalue weighted by atomic mass is 16.1. The molecule has 0 aliphatic carbocycles. The summed E-state index contributed by atoms with van der Waals surface area (Å²) in [6.45, 7) is 9.80. The molecule has 2 heterocycles. The van der Waals surface area contributed by atoms with Crippen LogP contribution in [0.5, 0.6) is 0 Å². The lowest BCUT2D eigenvalue weighted by Gasteiger charge is -2.12. The van der Waals surface area contributed by atoms with Gasteiger partial charge in [-0.2, -0.15) is 4.98 Å². The maximum absolute atomic E-state index is 12.1. The standard InChI is InChI=1S/C19H23N5O/c1-11(2)20-17(25)10-16-13(4)21-19-22-18(23-24(19)14(16)5)15-8-6-12(3)7-9-15/h6-9,11H,10H2,1-5H3,(H,20,25). The van der Waals surface area contributed by atoms with Crippen LogP contribution in [0.1, 0.15) is 36.4 Å². The Morgan fingerprint density at radius 2 is 1.80 bits per heavy atom. The van der Waals surface area contributed by atoms with Crippen LogP contribution in [0, 0.1) is 20.8 Å². The Labute approximate surface area is 147 Å². The topological polar surface area (TPSA) is 72.2 Å². The smallest absolute Gasteiger partial charge is 0.253 e. The fourth-order valence-electron chi connectivity index (χ4n) is 2.82. The Morgan fingerprint density at radius 3 is 2.44 bits per heavy atom. The molecule has 0 aliphatic heterocycles. The Morgan fingerprint density at radius 1 is 1.12 bits per heavy atom. The van der Waals surface area contributed by atoms with Gasteiger partial charge in [-0.1, -0.05) is 29.8 Å². The van der Waals surface area contributed by atoms with Crippen molar-refractivity contribution in [3.63, 3.8) is 0 Å². The molecule has 0 radical (unpaired) electrons. The second-order valence-electron chi connectivity index (χ2n) is 6.67. The van der Waals surface area contributed by atoms with Crippen LogP contribution < -0.4 is 5.32 Å². The van der Waals surface area contributed by atoms with Crippen molar-refractivity contribution in [2.24, 2.45) is 0 Å². The van der Waals surface area contributed by atoms with Crippen LogP contribution in [-0.2, 0) is 11.2 Å². The summed E-state index contributed by atoms with van der Waals surface area (Å²) in [4.78, 5) is 21.2. The summed E-state index contributed by atoms with van der Waals surface area (Å²) in [7, 11) is 0. The van der Waals surface area contributed by atoms with Gasteiger partial charge < -0.3 is 5.32 Å². The first-order chi connectivity index (χ1) is 11.8. The highest BCUT2D eigenvalue weighted by molar-refractivity contribution is 5.79. The van der Waals surface area contributed by atoms with Crippen molar-refractivity contribution in [1.29, 1.82) is 0 Å². The van der Waals surface area contributed by atoms with Crippen molar-refractivity contribution in [3.05, 3.63) is 46.8 Å². The van der Waals surface area contributed by atoms with Crippen molar-refractivity contribution in [1.82, 2.24) is 24.9 Å². The minimum absolute atomic E-state index is 0.0128. The van der Waals surface area contributed by atoms with Gasteiger partial charge in [0, 0.05) is 28.6 Å². The van der Waals surface area contributed by atoms with Crippen LogP contribution in [0.15, 0.2) is 24.3 Å². The van der Waals surface area contributed by atoms with E-state index >= 15 is 0 Å². The highest BCUT2D eigenvalue weighted by Gasteiger charge is 2.17. The Hall–Kier alpha value is -2.76. The third kappa shape index (κ3) is 3.52. The minimum Gasteiger partial charge on any atom is -0.354 e. The predicted molar refractivity (Wildman–Crippen MR) is 97.4 cm³/mol. The second kappa shape index (κ2) is 6.63. The van der Waals surface area contributed by atoms with Gasteiger partial charge in [-0.15, -0.1) is 5.10 Å². The molecule has 6 nitrogen and oxygen atoms in total. The summed E-state index contributed by atoms with van der Waals surface area (Å²) >= 11 is 0. The monoisotopic (exact) mass is 337 g/mol. The summed E-state index contributed by atoms with van der Waals surface area (Å²) in [6, 6.07) is 8.19. The number of hydrogen-bond donors (Lipinski definition) is 1. The van der Waals surface area contributed by atoms with Crippen LogP contribution >= 0.6 is 0 Å². The van der Waals surface area contributed by atoms with Crippen LogP contribution in [0.25, 0.3) is 17.2 Å². The van der Waals surface area contributed by atoms with E-state index in [1.165, 1.54) is 5.56 Å². The van der Waals surface area contributed by atoms with E-state index in [4.69, 9.17) is 0 Å². The van der Waals surface area contributed by atoms with Gasteiger partial charge in [0.15, 0.2) is 5.82 Å². The predicted octanol–water partition coefficient (Wildman–Crippen LogP) is 2.78. The fourth-order valence-corrected chi connectivity index (χ4v) is 2.82. The molecule has 0 spiro atoms. The van der Waals surface area contributed by atoms with E-state index in [9.17, 15) is 4.79 Å². The number of fused-ring (bicyclic) bond motifs is 1. The van der Waals surface area contributed by atoms with Crippen LogP contribution in [0.4, 0.5) is 0 Å². The lowest BCUT2D eigenvalue weighted by atomic mass is 10.1. The van der Waals surface area contributed by atoms with Crippen molar-refractivity contribution < 1.29 is 4.79 Å². The largest absolute Gasteiger partial charge is 0.354 e. The second-order valence-corrected chi connectivity index (χ2v) is 6.67. The SMILES string of the molecule is Cc1ccc(-c2nc3nc(C)c(CC(=O)NC(C)C)c(C)n3n2)cc1. The number of nitrogens with one attached hydrogen (secondary N) is 1.